The smallest absolute Gasteiger partial charge is 0.174 e. The molecule has 1 aromatic heterocycles. The van der Waals surface area contributed by atoms with Gasteiger partial charge in [0, 0.05) is 95.9 Å². The number of morpholine rings is 1. The van der Waals surface area contributed by atoms with Crippen LogP contribution in [-0.2, 0) is 25.8 Å². The van der Waals surface area contributed by atoms with E-state index in [2.05, 4.69) is 29.3 Å². The van der Waals surface area contributed by atoms with E-state index < -0.39 is 0 Å². The summed E-state index contributed by atoms with van der Waals surface area (Å²) in [5, 5.41) is 13.0. The number of aliphatic imine (C=N–C) groups is 1. The summed E-state index contributed by atoms with van der Waals surface area (Å²) in [7, 11) is 0. The number of para-hydroxylation sites is 1. The molecule has 5 rings (SSSR count). The predicted octanol–water partition coefficient (Wildman–Crippen LogP) is 5.80. The van der Waals surface area contributed by atoms with Crippen LogP contribution < -0.4 is 10.5 Å². The molecule has 1 aliphatic rings. The van der Waals surface area contributed by atoms with E-state index in [1.807, 2.05) is 42.3 Å². The van der Waals surface area contributed by atoms with Gasteiger partial charge < -0.3 is 31.8 Å². The minimum Gasteiger partial charge on any atom is -0.504 e. The van der Waals surface area contributed by atoms with E-state index in [-0.39, 0.29) is 32.7 Å². The van der Waals surface area contributed by atoms with Crippen molar-refractivity contribution in [1.82, 2.24) is 4.90 Å². The first kappa shape index (κ1) is 26.9. The van der Waals surface area contributed by atoms with Gasteiger partial charge in [-0.25, -0.2) is 0 Å². The summed E-state index contributed by atoms with van der Waals surface area (Å²) in [6, 6.07) is 17.9. The minimum atomic E-state index is 0. The van der Waals surface area contributed by atoms with E-state index in [1.54, 1.807) is 23.6 Å². The fraction of sp³-hybridized carbons (Fsp3) is 0.207. The number of thiophene rings is 1. The number of hydrogen-bond acceptors (Lipinski definition) is 7. The van der Waals surface area contributed by atoms with Gasteiger partial charge in [-0.1, -0.05) is 36.4 Å². The molecule has 1 saturated heterocycles. The van der Waals surface area contributed by atoms with E-state index in [0.717, 1.165) is 42.4 Å². The Labute approximate surface area is 235 Å². The number of phenolic OH excluding ortho intramolecular Hbond substituents is 1. The number of rotatable bonds is 7. The van der Waals surface area contributed by atoms with Gasteiger partial charge in [0.1, 0.15) is 0 Å². The summed E-state index contributed by atoms with van der Waals surface area (Å²) < 4.78 is 13.8. The van der Waals surface area contributed by atoms with Crippen LogP contribution in [0.3, 0.4) is 0 Å². The van der Waals surface area contributed by atoms with Crippen molar-refractivity contribution in [2.75, 3.05) is 32.8 Å². The molecule has 4 aromatic rings. The Morgan fingerprint density at radius 3 is 2.65 bits per heavy atom. The molecule has 1 aliphatic heterocycles. The Hall–Kier alpha value is -3.12. The summed E-state index contributed by atoms with van der Waals surface area (Å²) in [4.78, 5) is 6.27. The summed E-state index contributed by atoms with van der Waals surface area (Å²) in [5.41, 5.74) is 9.54. The van der Waals surface area contributed by atoms with Gasteiger partial charge in [0.05, 0.1) is 13.2 Å². The Bertz CT molecular complexity index is 1490. The van der Waals surface area contributed by atoms with Crippen LogP contribution in [0.1, 0.15) is 12.5 Å². The summed E-state index contributed by atoms with van der Waals surface area (Å²) in [5.74, 6) is 0.636. The molecule has 1 fully saturated rings. The fourth-order valence-corrected chi connectivity index (χ4v) is 5.60. The van der Waals surface area contributed by atoms with Crippen molar-refractivity contribution < 1.29 is 35.6 Å². The SMILES string of the molecule is [CH-]=C(Oc1c(O)cccc1-c1cccc2c1sc1ccc(/C(C=NCC)=C/N)cc12)N1CCOCC1.[W]. The molecular formula is C29H28N3O3SW-. The quantitative estimate of drug-likeness (QED) is 0.147. The topological polar surface area (TPSA) is 80.3 Å². The molecule has 0 spiro atoms. The minimum absolute atomic E-state index is 0. The van der Waals surface area contributed by atoms with Crippen LogP contribution in [0.2, 0.25) is 0 Å². The molecule has 8 heteroatoms. The van der Waals surface area contributed by atoms with Crippen molar-refractivity contribution in [3.05, 3.63) is 78.8 Å². The van der Waals surface area contributed by atoms with Gasteiger partial charge in [0.15, 0.2) is 11.5 Å². The molecular weight excluding hydrogens is 654 g/mol. The normalized spacial score (nSPS) is 14.3. The molecule has 37 heavy (non-hydrogen) atoms. The Morgan fingerprint density at radius 2 is 1.89 bits per heavy atom. The Kier molecular flexibility index (Phi) is 8.70. The monoisotopic (exact) mass is 682 g/mol. The second-order valence-electron chi connectivity index (χ2n) is 8.44. The predicted molar refractivity (Wildman–Crippen MR) is 148 cm³/mol. The van der Waals surface area contributed by atoms with Crippen molar-refractivity contribution >= 4 is 43.3 Å². The van der Waals surface area contributed by atoms with E-state index in [0.29, 0.717) is 38.6 Å². The van der Waals surface area contributed by atoms with Crippen LogP contribution in [0.15, 0.2) is 71.7 Å². The second-order valence-corrected chi connectivity index (χ2v) is 9.49. The van der Waals surface area contributed by atoms with Crippen molar-refractivity contribution in [1.29, 1.82) is 0 Å². The molecule has 0 atom stereocenters. The van der Waals surface area contributed by atoms with Gasteiger partial charge in [-0.2, -0.15) is 0 Å². The van der Waals surface area contributed by atoms with E-state index in [1.165, 1.54) is 0 Å². The van der Waals surface area contributed by atoms with Gasteiger partial charge in [0.2, 0.25) is 0 Å². The van der Waals surface area contributed by atoms with Crippen LogP contribution in [0, 0.1) is 6.58 Å². The summed E-state index contributed by atoms with van der Waals surface area (Å²) in [6.07, 6.45) is 3.40. The Balaban J connectivity index is 0.00000320. The number of fused-ring (bicyclic) bond motifs is 3. The number of nitrogens with zero attached hydrogens (tertiary/aromatic N) is 2. The van der Waals surface area contributed by atoms with Crippen molar-refractivity contribution in [2.45, 2.75) is 6.92 Å². The van der Waals surface area contributed by atoms with Crippen molar-refractivity contribution in [3.63, 3.8) is 0 Å². The first-order chi connectivity index (χ1) is 17.6. The van der Waals surface area contributed by atoms with Crippen LogP contribution in [0.25, 0.3) is 36.9 Å². The number of ether oxygens (including phenoxy) is 2. The molecule has 3 aromatic carbocycles. The van der Waals surface area contributed by atoms with Gasteiger partial charge in [-0.05, 0) is 30.7 Å². The average molecular weight is 682 g/mol. The fourth-order valence-electron chi connectivity index (χ4n) is 4.39. The third-order valence-corrected chi connectivity index (χ3v) is 7.46. The molecule has 0 bridgehead atoms. The summed E-state index contributed by atoms with van der Waals surface area (Å²) >= 11 is 1.70. The molecule has 0 amide bonds. The molecule has 0 aliphatic carbocycles. The first-order valence-corrected chi connectivity index (χ1v) is 12.7. The van der Waals surface area contributed by atoms with Crippen LogP contribution in [0.5, 0.6) is 11.5 Å². The van der Waals surface area contributed by atoms with Crippen molar-refractivity contribution in [2.24, 2.45) is 10.7 Å². The van der Waals surface area contributed by atoms with E-state index in [9.17, 15) is 5.11 Å². The average Bonchev–Trinajstić information content (AvgIpc) is 3.29. The Morgan fingerprint density at radius 1 is 1.14 bits per heavy atom. The third kappa shape index (κ3) is 5.44. The number of benzene rings is 3. The number of nitrogens with two attached hydrogens (primary N) is 1. The van der Waals surface area contributed by atoms with E-state index in [4.69, 9.17) is 21.8 Å². The second kappa shape index (κ2) is 11.9. The van der Waals surface area contributed by atoms with Gasteiger partial charge in [-0.15, -0.1) is 11.3 Å². The molecule has 0 saturated carbocycles. The maximum Gasteiger partial charge on any atom is 0.174 e. The zero-order valence-corrected chi connectivity index (χ0v) is 24.3. The van der Waals surface area contributed by atoms with Gasteiger partial charge in [-0.3, -0.25) is 4.99 Å². The summed E-state index contributed by atoms with van der Waals surface area (Å²) in [6.45, 7) is 11.5. The third-order valence-electron chi connectivity index (χ3n) is 6.24. The number of allylic oxidation sites excluding steroid dienone is 1. The number of hydrogen-bond donors (Lipinski definition) is 2. The zero-order chi connectivity index (χ0) is 25.1. The molecule has 0 radical (unpaired) electrons. The number of phenols is 1. The van der Waals surface area contributed by atoms with E-state index >= 15 is 0 Å². The number of aromatic hydroxyl groups is 1. The standard InChI is InChI=1S/C29H28N3O3S.W/c1-3-31-18-21(17-30)20-10-11-27-25(16-20)24-8-4-7-23(29(24)36-27)22-6-5-9-26(33)28(22)35-19(2)32-12-14-34-15-13-32;/h2,4-11,16-18,33H,3,12-15,30H2,1H3;/q-1;/b21-17+,31-18?;. The molecule has 0 unspecified atom stereocenters. The molecule has 2 heterocycles. The maximum atomic E-state index is 10.7. The zero-order valence-electron chi connectivity index (χ0n) is 20.5. The van der Waals surface area contributed by atoms with Crippen LogP contribution >= 0.6 is 11.3 Å². The van der Waals surface area contributed by atoms with Gasteiger partial charge in [0.25, 0.3) is 0 Å². The van der Waals surface area contributed by atoms with Crippen molar-refractivity contribution in [3.8, 4) is 22.6 Å². The van der Waals surface area contributed by atoms with Crippen LogP contribution in [0.4, 0.5) is 0 Å². The molecule has 6 nitrogen and oxygen atoms in total. The van der Waals surface area contributed by atoms with Gasteiger partial charge >= 0.3 is 0 Å². The maximum absolute atomic E-state index is 10.7. The largest absolute Gasteiger partial charge is 0.504 e. The first-order valence-electron chi connectivity index (χ1n) is 11.9. The molecule has 190 valence electrons. The van der Waals surface area contributed by atoms with Crippen LogP contribution in [-0.4, -0.2) is 49.1 Å². The molecule has 3 N–H and O–H groups in total.